The molecule has 3 N–H and O–H groups in total. The average molecular weight is 424 g/mol. The smallest absolute Gasteiger partial charge is 0.227 e. The highest BCUT2D eigenvalue weighted by molar-refractivity contribution is 5.77. The number of hydrogen-bond donors (Lipinski definition) is 3. The summed E-state index contributed by atoms with van der Waals surface area (Å²) in [4.78, 5) is 29.0. The lowest BCUT2D eigenvalue weighted by Crippen LogP contribution is -2.28. The lowest BCUT2D eigenvalue weighted by atomic mass is 9.91. The van der Waals surface area contributed by atoms with Crippen LogP contribution in [-0.2, 0) is 11.2 Å². The topological polar surface area (TPSA) is 122 Å². The normalized spacial score (nSPS) is 11.7. The van der Waals surface area contributed by atoms with E-state index in [2.05, 4.69) is 10.3 Å². The van der Waals surface area contributed by atoms with E-state index in [4.69, 9.17) is 9.15 Å². The largest absolute Gasteiger partial charge is 0.504 e. The molecule has 0 saturated carbocycles. The minimum Gasteiger partial charge on any atom is -0.504 e. The van der Waals surface area contributed by atoms with Crippen LogP contribution < -0.4 is 15.5 Å². The van der Waals surface area contributed by atoms with Crippen molar-refractivity contribution in [1.29, 1.82) is 0 Å². The minimum atomic E-state index is -0.767. The van der Waals surface area contributed by atoms with Gasteiger partial charge in [-0.25, -0.2) is 0 Å². The van der Waals surface area contributed by atoms with Gasteiger partial charge >= 0.3 is 0 Å². The molecule has 1 aromatic carbocycles. The van der Waals surface area contributed by atoms with Crippen molar-refractivity contribution in [1.82, 2.24) is 10.3 Å². The average Bonchev–Trinajstić information content (AvgIpc) is 2.76. The van der Waals surface area contributed by atoms with Crippen LogP contribution in [0, 0.1) is 6.92 Å². The van der Waals surface area contributed by atoms with Gasteiger partial charge in [0.2, 0.25) is 17.1 Å². The number of rotatable bonds is 8. The van der Waals surface area contributed by atoms with Gasteiger partial charge in [-0.15, -0.1) is 0 Å². The molecule has 0 radical (unpaired) electrons. The zero-order chi connectivity index (χ0) is 22.4. The molecule has 8 heteroatoms. The Morgan fingerprint density at radius 1 is 1.23 bits per heavy atom. The van der Waals surface area contributed by atoms with E-state index in [-0.39, 0.29) is 29.6 Å². The Hall–Kier alpha value is -3.81. The number of aromatic nitrogens is 1. The van der Waals surface area contributed by atoms with Gasteiger partial charge in [-0.3, -0.25) is 14.6 Å². The number of ether oxygens (including phenoxy) is 1. The first-order chi connectivity index (χ1) is 14.9. The number of phenols is 1. The first-order valence-electron chi connectivity index (χ1n) is 9.76. The van der Waals surface area contributed by atoms with Gasteiger partial charge in [-0.1, -0.05) is 12.1 Å². The van der Waals surface area contributed by atoms with Gasteiger partial charge in [-0.2, -0.15) is 0 Å². The van der Waals surface area contributed by atoms with Gasteiger partial charge in [0.05, 0.1) is 13.0 Å². The lowest BCUT2D eigenvalue weighted by molar-refractivity contribution is -0.121. The molecule has 3 rings (SSSR count). The molecule has 31 heavy (non-hydrogen) atoms. The predicted octanol–water partition coefficient (Wildman–Crippen LogP) is 2.64. The second kappa shape index (κ2) is 9.80. The first-order valence-corrected chi connectivity index (χ1v) is 9.76. The monoisotopic (exact) mass is 424 g/mol. The van der Waals surface area contributed by atoms with E-state index in [1.54, 1.807) is 25.3 Å². The van der Waals surface area contributed by atoms with Gasteiger partial charge in [0.25, 0.3) is 0 Å². The van der Waals surface area contributed by atoms with Gasteiger partial charge in [-0.05, 0) is 36.8 Å². The van der Waals surface area contributed by atoms with Crippen molar-refractivity contribution >= 4 is 5.91 Å². The highest BCUT2D eigenvalue weighted by Gasteiger charge is 2.26. The van der Waals surface area contributed by atoms with Crippen molar-refractivity contribution in [2.45, 2.75) is 25.7 Å². The van der Waals surface area contributed by atoms with Gasteiger partial charge in [0.15, 0.2) is 17.3 Å². The SMILES string of the molecule is COc1cc(C(CC(=O)NCCc2ccccn2)c2oc(C)cc(=O)c2O)ccc1O. The molecular formula is C23H24N2O6. The quantitative estimate of drug-likeness (QED) is 0.508. The molecule has 1 unspecified atom stereocenters. The summed E-state index contributed by atoms with van der Waals surface area (Å²) in [6, 6.07) is 11.3. The summed E-state index contributed by atoms with van der Waals surface area (Å²) in [5.41, 5.74) is 0.800. The number of nitrogens with zero attached hydrogens (tertiary/aromatic N) is 1. The maximum Gasteiger partial charge on any atom is 0.227 e. The number of aromatic hydroxyl groups is 2. The summed E-state index contributed by atoms with van der Waals surface area (Å²) in [6.07, 6.45) is 2.17. The second-order valence-electron chi connectivity index (χ2n) is 7.04. The van der Waals surface area contributed by atoms with E-state index in [0.717, 1.165) is 5.69 Å². The Morgan fingerprint density at radius 3 is 2.74 bits per heavy atom. The van der Waals surface area contributed by atoms with Crippen molar-refractivity contribution in [3.05, 3.63) is 81.7 Å². The fraction of sp³-hybridized carbons (Fsp3) is 0.261. The van der Waals surface area contributed by atoms with E-state index in [0.29, 0.717) is 24.3 Å². The molecule has 0 spiro atoms. The Kier molecular flexibility index (Phi) is 6.92. The Balaban J connectivity index is 1.86. The third kappa shape index (κ3) is 5.42. The van der Waals surface area contributed by atoms with Gasteiger partial charge in [0, 0.05) is 37.3 Å². The number of pyridine rings is 1. The van der Waals surface area contributed by atoms with E-state index in [9.17, 15) is 19.8 Å². The number of phenolic OH excluding ortho intramolecular Hbond substituents is 1. The zero-order valence-electron chi connectivity index (χ0n) is 17.3. The third-order valence-corrected chi connectivity index (χ3v) is 4.81. The summed E-state index contributed by atoms with van der Waals surface area (Å²) in [5.74, 6) is -1.19. The van der Waals surface area contributed by atoms with Crippen LogP contribution in [0.4, 0.5) is 0 Å². The molecular weight excluding hydrogens is 400 g/mol. The number of methoxy groups -OCH3 is 1. The molecule has 0 aliphatic heterocycles. The molecule has 0 aliphatic rings. The maximum atomic E-state index is 12.7. The Morgan fingerprint density at radius 2 is 2.03 bits per heavy atom. The summed E-state index contributed by atoms with van der Waals surface area (Å²) in [7, 11) is 1.41. The Labute approximate surface area is 179 Å². The second-order valence-corrected chi connectivity index (χ2v) is 7.04. The van der Waals surface area contributed by atoms with E-state index >= 15 is 0 Å². The maximum absolute atomic E-state index is 12.7. The Bertz CT molecular complexity index is 1110. The van der Waals surface area contributed by atoms with Crippen LogP contribution in [-0.4, -0.2) is 34.8 Å². The number of nitrogens with one attached hydrogen (secondary N) is 1. The van der Waals surface area contributed by atoms with Crippen LogP contribution in [0.5, 0.6) is 17.2 Å². The van der Waals surface area contributed by atoms with Crippen LogP contribution in [0.3, 0.4) is 0 Å². The van der Waals surface area contributed by atoms with Crippen molar-refractivity contribution in [3.63, 3.8) is 0 Å². The molecule has 0 aliphatic carbocycles. The van der Waals surface area contributed by atoms with Gasteiger partial charge in [0.1, 0.15) is 5.76 Å². The molecule has 1 atom stereocenters. The minimum absolute atomic E-state index is 0.0161. The molecule has 8 nitrogen and oxygen atoms in total. The van der Waals surface area contributed by atoms with Crippen LogP contribution in [0.15, 0.2) is 57.9 Å². The molecule has 162 valence electrons. The van der Waals surface area contributed by atoms with Crippen molar-refractivity contribution in [3.8, 4) is 17.2 Å². The van der Waals surface area contributed by atoms with Crippen molar-refractivity contribution < 1.29 is 24.2 Å². The standard InChI is InChI=1S/C23H24N2O6/c1-14-11-19(27)22(29)23(31-14)17(15-6-7-18(26)20(12-15)30-2)13-21(28)25-10-8-16-5-3-4-9-24-16/h3-7,9,11-12,17,26,29H,8,10,13H2,1-2H3,(H,25,28). The number of carbonyl (C=O) groups is 1. The molecule has 2 heterocycles. The fourth-order valence-corrected chi connectivity index (χ4v) is 3.27. The van der Waals surface area contributed by atoms with Crippen LogP contribution in [0.2, 0.25) is 0 Å². The van der Waals surface area contributed by atoms with Crippen molar-refractivity contribution in [2.24, 2.45) is 0 Å². The molecule has 2 aromatic heterocycles. The highest BCUT2D eigenvalue weighted by atomic mass is 16.5. The third-order valence-electron chi connectivity index (χ3n) is 4.81. The lowest BCUT2D eigenvalue weighted by Gasteiger charge is -2.19. The zero-order valence-corrected chi connectivity index (χ0v) is 17.3. The summed E-state index contributed by atoms with van der Waals surface area (Å²) >= 11 is 0. The number of amides is 1. The van der Waals surface area contributed by atoms with Crippen LogP contribution >= 0.6 is 0 Å². The van der Waals surface area contributed by atoms with Crippen LogP contribution in [0.1, 0.15) is 35.1 Å². The summed E-state index contributed by atoms with van der Waals surface area (Å²) in [5, 5.41) is 23.1. The van der Waals surface area contributed by atoms with E-state index in [1.807, 2.05) is 18.2 Å². The predicted molar refractivity (Wildman–Crippen MR) is 113 cm³/mol. The summed E-state index contributed by atoms with van der Waals surface area (Å²) < 4.78 is 10.8. The molecule has 0 fully saturated rings. The number of carbonyl (C=O) groups excluding carboxylic acids is 1. The van der Waals surface area contributed by atoms with Gasteiger partial charge < -0.3 is 24.7 Å². The number of hydrogen-bond acceptors (Lipinski definition) is 7. The highest BCUT2D eigenvalue weighted by Crippen LogP contribution is 2.37. The number of benzene rings is 1. The number of aryl methyl sites for hydroxylation is 1. The van der Waals surface area contributed by atoms with Crippen LogP contribution in [0.25, 0.3) is 0 Å². The molecule has 0 saturated heterocycles. The molecule has 0 bridgehead atoms. The molecule has 3 aromatic rings. The van der Waals surface area contributed by atoms with E-state index in [1.165, 1.54) is 19.2 Å². The fourth-order valence-electron chi connectivity index (χ4n) is 3.27. The molecule has 1 amide bonds. The van der Waals surface area contributed by atoms with Crippen molar-refractivity contribution in [2.75, 3.05) is 13.7 Å². The van der Waals surface area contributed by atoms with E-state index < -0.39 is 17.1 Å². The summed E-state index contributed by atoms with van der Waals surface area (Å²) in [6.45, 7) is 1.97. The first kappa shape index (κ1) is 21.9.